The maximum absolute atomic E-state index is 10.3. The monoisotopic (exact) mass is 424 g/mol. The van der Waals surface area contributed by atoms with Crippen LogP contribution in [0.15, 0.2) is 12.7 Å². The van der Waals surface area contributed by atoms with Gasteiger partial charge in [-0.2, -0.15) is 0 Å². The molecular weight excluding hydrogens is 378 g/mol. The summed E-state index contributed by atoms with van der Waals surface area (Å²) >= 11 is 0. The van der Waals surface area contributed by atoms with Crippen LogP contribution in [0.5, 0.6) is 0 Å². The topological polar surface area (TPSA) is 50.0 Å². The highest BCUT2D eigenvalue weighted by molar-refractivity contribution is 4.63. The first kappa shape index (κ1) is 56.2. The van der Waals surface area contributed by atoms with Crippen molar-refractivity contribution < 1.29 is 41.3 Å². The molecule has 9 heteroatoms. The Labute approximate surface area is 164 Å². The van der Waals surface area contributed by atoms with Gasteiger partial charge in [0.15, 0.2) is 0 Å². The third kappa shape index (κ3) is 202. The lowest BCUT2D eigenvalue weighted by Crippen LogP contribution is -2.11. The van der Waals surface area contributed by atoms with Gasteiger partial charge >= 0.3 is 6.43 Å². The zero-order chi connectivity index (χ0) is 18.4. The van der Waals surface area contributed by atoms with Gasteiger partial charge in [0.25, 0.3) is 0 Å². The van der Waals surface area contributed by atoms with Gasteiger partial charge in [-0.15, -0.1) is 24.1 Å². The van der Waals surface area contributed by atoms with Crippen molar-refractivity contribution in [2.45, 2.75) is 76.4 Å². The normalized spacial score (nSPS) is 8.81. The first-order valence-electron chi connectivity index (χ1n) is 6.82. The molecule has 178 valence electrons. The summed E-state index contributed by atoms with van der Waals surface area (Å²) in [5, 5.41) is 0. The summed E-state index contributed by atoms with van der Waals surface area (Å²) in [7, 11) is 0. The lowest BCUT2D eigenvalue weighted by Gasteiger charge is -2.09. The number of ether oxygens (including phenoxy) is 2. The molecule has 2 N–H and O–H groups in total. The van der Waals surface area contributed by atoms with Gasteiger partial charge in [-0.1, -0.05) is 42.7 Å². The molecule has 0 aromatic carbocycles. The molecule has 0 saturated carbocycles. The third-order valence-corrected chi connectivity index (χ3v) is 1.44. The van der Waals surface area contributed by atoms with E-state index >= 15 is 0 Å². The second-order valence-corrected chi connectivity index (χ2v) is 3.42. The maximum atomic E-state index is 10.3. The molecule has 0 radical (unpaired) electrons. The smallest absolute Gasteiger partial charge is 0.412 e. The molecule has 0 aliphatic rings. The molecule has 0 spiro atoms. The van der Waals surface area contributed by atoms with Crippen molar-refractivity contribution in [3.8, 4) is 0 Å². The molecule has 0 fully saturated rings. The fourth-order valence-corrected chi connectivity index (χ4v) is 0.593. The maximum Gasteiger partial charge on any atom is 0.559 e. The molecule has 0 rings (SSSR count). The van der Waals surface area contributed by atoms with Crippen LogP contribution < -0.4 is 0 Å². The Bertz CT molecular complexity index is 186. The van der Waals surface area contributed by atoms with E-state index in [1.54, 1.807) is 6.08 Å². The number of hydrogen-bond donors (Lipinski definition) is 0. The van der Waals surface area contributed by atoms with Crippen molar-refractivity contribution in [1.82, 2.24) is 0 Å². The third-order valence-electron chi connectivity index (χ3n) is 1.44. The van der Waals surface area contributed by atoms with Crippen LogP contribution in [0.3, 0.4) is 0 Å². The molecule has 0 bridgehead atoms. The Kier molecular flexibility index (Phi) is 104. The van der Waals surface area contributed by atoms with Gasteiger partial charge in [-0.25, -0.2) is 0 Å². The van der Waals surface area contributed by atoms with Crippen LogP contribution in [0, 0.1) is 0 Å². The van der Waals surface area contributed by atoms with Crippen molar-refractivity contribution in [1.29, 1.82) is 0 Å². The number of alkyl halides is 6. The molecule has 27 heavy (non-hydrogen) atoms. The minimum Gasteiger partial charge on any atom is -0.412 e. The number of rotatable bonds is 7. The molecule has 0 aromatic rings. The average molecular weight is 425 g/mol. The Morgan fingerprint density at radius 2 is 1.19 bits per heavy atom. The van der Waals surface area contributed by atoms with Gasteiger partial charge in [-0.05, 0) is 27.2 Å². The van der Waals surface area contributed by atoms with Crippen molar-refractivity contribution >= 4 is 0 Å². The van der Waals surface area contributed by atoms with E-state index in [0.717, 1.165) is 6.42 Å². The fourth-order valence-electron chi connectivity index (χ4n) is 0.593. The molecular formula is C18H46F6O3. The molecule has 1 unspecified atom stereocenters. The molecule has 0 aromatic heterocycles. The second kappa shape index (κ2) is 49.9. The molecule has 0 heterocycles. The van der Waals surface area contributed by atoms with E-state index < -0.39 is 6.43 Å². The van der Waals surface area contributed by atoms with E-state index in [9.17, 15) is 26.3 Å². The average Bonchev–Trinajstić information content (AvgIpc) is 2.38. The van der Waals surface area contributed by atoms with Crippen LogP contribution in [0.25, 0.3) is 0 Å². The Balaban J connectivity index is -0.0000000250. The summed E-state index contributed by atoms with van der Waals surface area (Å²) in [6.07, 6.45) is -2.35. The predicted molar refractivity (Wildman–Crippen MR) is 108 cm³/mol. The fraction of sp³-hybridized carbons (Fsp3) is 0.889. The summed E-state index contributed by atoms with van der Waals surface area (Å²) in [6.45, 7) is 12.1. The minimum atomic E-state index is -5.50. The van der Waals surface area contributed by atoms with E-state index in [0.29, 0.717) is 25.9 Å². The molecule has 1 atom stereocenters. The van der Waals surface area contributed by atoms with Crippen LogP contribution in [-0.2, 0) is 9.47 Å². The van der Waals surface area contributed by atoms with E-state index in [1.807, 2.05) is 0 Å². The van der Waals surface area contributed by atoms with Crippen LogP contribution in [-0.4, -0.2) is 51.2 Å². The van der Waals surface area contributed by atoms with Gasteiger partial charge in [0.05, 0.1) is 39.3 Å². The number of hydrogen-bond acceptors (Lipinski definition) is 2. The molecule has 0 aliphatic carbocycles. The Morgan fingerprint density at radius 1 is 0.889 bits per heavy atom. The van der Waals surface area contributed by atoms with Crippen LogP contribution in [0.4, 0.5) is 26.3 Å². The Hall–Kier alpha value is -0.800. The summed E-state index contributed by atoms with van der Waals surface area (Å²) in [5.41, 5.74) is 0. The van der Waals surface area contributed by atoms with E-state index in [-0.39, 0.29) is 48.5 Å². The van der Waals surface area contributed by atoms with Gasteiger partial charge in [0.2, 0.25) is 0 Å². The largest absolute Gasteiger partial charge is 0.559 e. The Morgan fingerprint density at radius 3 is 1.41 bits per heavy atom. The quantitative estimate of drug-likeness (QED) is 0.247. The van der Waals surface area contributed by atoms with E-state index in [1.165, 1.54) is 13.8 Å². The van der Waals surface area contributed by atoms with Gasteiger partial charge in [0, 0.05) is 0 Å². The lowest BCUT2D eigenvalue weighted by atomic mass is 10.3. The SMILES string of the molecule is C.C.C.C.C=CCOCCOC(C)CC.CCF.CCF.FC(F)(F)F.O. The van der Waals surface area contributed by atoms with Crippen molar-refractivity contribution in [2.75, 3.05) is 33.2 Å². The second-order valence-electron chi connectivity index (χ2n) is 3.42. The summed E-state index contributed by atoms with van der Waals surface area (Å²) < 4.78 is 69.8. The first-order chi connectivity index (χ1) is 10.1. The van der Waals surface area contributed by atoms with Crippen LogP contribution >= 0.6 is 0 Å². The summed E-state index contributed by atoms with van der Waals surface area (Å²) in [4.78, 5) is 0. The minimum absolute atomic E-state index is 0. The standard InChI is InChI=1S/C9H18O2.2C2H5F.CF4.4CH4.H2O/c1-4-6-10-7-8-11-9(3)5-2;2*1-2-3;2-1(3,4)5;;;;;/h4,9H,1,5-8H2,2-3H3;2*2H2,1H3;;4*1H4;1H2. The lowest BCUT2D eigenvalue weighted by molar-refractivity contribution is -0.237. The van der Waals surface area contributed by atoms with Crippen molar-refractivity contribution in [3.63, 3.8) is 0 Å². The van der Waals surface area contributed by atoms with E-state index in [4.69, 9.17) is 9.47 Å². The number of halogens is 6. The van der Waals surface area contributed by atoms with Gasteiger partial charge < -0.3 is 14.9 Å². The zero-order valence-corrected chi connectivity index (χ0v) is 14.2. The van der Waals surface area contributed by atoms with Crippen molar-refractivity contribution in [3.05, 3.63) is 12.7 Å². The first-order valence-corrected chi connectivity index (χ1v) is 6.82. The highest BCUT2D eigenvalue weighted by Crippen LogP contribution is 2.13. The molecule has 0 aliphatic heterocycles. The summed E-state index contributed by atoms with van der Waals surface area (Å²) in [5.74, 6) is 0. The van der Waals surface area contributed by atoms with Gasteiger partial charge in [-0.3, -0.25) is 8.78 Å². The predicted octanol–water partition coefficient (Wildman–Crippen LogP) is 7.15. The van der Waals surface area contributed by atoms with Gasteiger partial charge in [0.1, 0.15) is 0 Å². The zero-order valence-electron chi connectivity index (χ0n) is 14.2. The summed E-state index contributed by atoms with van der Waals surface area (Å²) in [6, 6.07) is 0. The molecule has 0 saturated heterocycles. The van der Waals surface area contributed by atoms with Crippen molar-refractivity contribution in [2.24, 2.45) is 0 Å². The van der Waals surface area contributed by atoms with Crippen LogP contribution in [0.2, 0.25) is 0 Å². The van der Waals surface area contributed by atoms with E-state index in [2.05, 4.69) is 20.4 Å². The molecule has 0 amide bonds. The molecule has 3 nitrogen and oxygen atoms in total. The highest BCUT2D eigenvalue weighted by atomic mass is 19.5. The van der Waals surface area contributed by atoms with Crippen LogP contribution in [0.1, 0.15) is 63.8 Å². The highest BCUT2D eigenvalue weighted by Gasteiger charge is 2.24.